The standard InChI is InChI=1S/C16H20BrN3O3/c1-19-10-11(9-14(19)21)16(22)20-7-4-12(5-8-20)23-15-13(17)3-2-6-18-15/h2-3,6,11-12H,4-5,7-10H2,1H3. The molecule has 1 unspecified atom stereocenters. The number of pyridine rings is 1. The Morgan fingerprint density at radius 2 is 2.13 bits per heavy atom. The van der Waals surface area contributed by atoms with E-state index in [4.69, 9.17) is 4.74 Å². The van der Waals surface area contributed by atoms with Crippen molar-refractivity contribution in [1.29, 1.82) is 0 Å². The van der Waals surface area contributed by atoms with E-state index in [0.717, 1.165) is 17.3 Å². The van der Waals surface area contributed by atoms with Crippen LogP contribution in [0.4, 0.5) is 0 Å². The Balaban J connectivity index is 1.51. The molecule has 2 amide bonds. The molecule has 0 bridgehead atoms. The molecule has 0 aliphatic carbocycles. The topological polar surface area (TPSA) is 62.7 Å². The molecular weight excluding hydrogens is 362 g/mol. The van der Waals surface area contributed by atoms with Gasteiger partial charge in [-0.15, -0.1) is 0 Å². The zero-order valence-corrected chi connectivity index (χ0v) is 14.7. The van der Waals surface area contributed by atoms with Crippen molar-refractivity contribution in [3.8, 4) is 5.88 Å². The van der Waals surface area contributed by atoms with Crippen molar-refractivity contribution >= 4 is 27.7 Å². The summed E-state index contributed by atoms with van der Waals surface area (Å²) < 4.78 is 6.75. The van der Waals surface area contributed by atoms with E-state index in [-0.39, 0.29) is 23.8 Å². The molecule has 3 heterocycles. The number of carbonyl (C=O) groups is 2. The minimum absolute atomic E-state index is 0.0570. The first-order chi connectivity index (χ1) is 11.0. The van der Waals surface area contributed by atoms with E-state index >= 15 is 0 Å². The van der Waals surface area contributed by atoms with Gasteiger partial charge in [-0.2, -0.15) is 0 Å². The van der Waals surface area contributed by atoms with Gasteiger partial charge in [0.2, 0.25) is 17.7 Å². The average molecular weight is 382 g/mol. The Bertz CT molecular complexity index is 602. The molecule has 0 saturated carbocycles. The van der Waals surface area contributed by atoms with Gasteiger partial charge < -0.3 is 14.5 Å². The molecule has 7 heteroatoms. The molecule has 0 N–H and O–H groups in total. The molecule has 2 saturated heterocycles. The maximum Gasteiger partial charge on any atom is 0.228 e. The van der Waals surface area contributed by atoms with Crippen molar-refractivity contribution in [2.45, 2.75) is 25.4 Å². The van der Waals surface area contributed by atoms with Gasteiger partial charge >= 0.3 is 0 Å². The Morgan fingerprint density at radius 1 is 1.39 bits per heavy atom. The fraction of sp³-hybridized carbons (Fsp3) is 0.562. The van der Waals surface area contributed by atoms with E-state index in [2.05, 4.69) is 20.9 Å². The molecule has 124 valence electrons. The van der Waals surface area contributed by atoms with Crippen molar-refractivity contribution in [2.75, 3.05) is 26.7 Å². The minimum Gasteiger partial charge on any atom is -0.473 e. The highest BCUT2D eigenvalue weighted by Crippen LogP contribution is 2.26. The van der Waals surface area contributed by atoms with Crippen LogP contribution in [0.3, 0.4) is 0 Å². The molecule has 3 rings (SSSR count). The van der Waals surface area contributed by atoms with Crippen molar-refractivity contribution in [1.82, 2.24) is 14.8 Å². The van der Waals surface area contributed by atoms with Crippen molar-refractivity contribution in [2.24, 2.45) is 5.92 Å². The Labute approximate surface area is 143 Å². The number of aromatic nitrogens is 1. The van der Waals surface area contributed by atoms with E-state index < -0.39 is 0 Å². The van der Waals surface area contributed by atoms with Crippen molar-refractivity contribution < 1.29 is 14.3 Å². The lowest BCUT2D eigenvalue weighted by molar-refractivity contribution is -0.137. The van der Waals surface area contributed by atoms with Crippen LogP contribution in [0, 0.1) is 5.92 Å². The summed E-state index contributed by atoms with van der Waals surface area (Å²) in [5.74, 6) is 0.567. The molecule has 1 aromatic heterocycles. The van der Waals surface area contributed by atoms with Crippen LogP contribution in [0.15, 0.2) is 22.8 Å². The van der Waals surface area contributed by atoms with E-state index in [0.29, 0.717) is 31.9 Å². The minimum atomic E-state index is -0.185. The lowest BCUT2D eigenvalue weighted by Gasteiger charge is -2.33. The van der Waals surface area contributed by atoms with E-state index in [1.807, 2.05) is 17.0 Å². The number of ether oxygens (including phenoxy) is 1. The number of carbonyl (C=O) groups excluding carboxylic acids is 2. The van der Waals surface area contributed by atoms with Crippen LogP contribution in [-0.4, -0.2) is 59.4 Å². The Morgan fingerprint density at radius 3 is 2.74 bits per heavy atom. The van der Waals surface area contributed by atoms with Gasteiger partial charge in [-0.25, -0.2) is 4.98 Å². The predicted octanol–water partition coefficient (Wildman–Crippen LogP) is 1.69. The molecule has 0 spiro atoms. The van der Waals surface area contributed by atoms with Gasteiger partial charge in [-0.1, -0.05) is 0 Å². The molecular formula is C16H20BrN3O3. The van der Waals surface area contributed by atoms with E-state index in [9.17, 15) is 9.59 Å². The summed E-state index contributed by atoms with van der Waals surface area (Å²) in [6, 6.07) is 3.74. The zero-order chi connectivity index (χ0) is 16.4. The predicted molar refractivity (Wildman–Crippen MR) is 87.9 cm³/mol. The summed E-state index contributed by atoms with van der Waals surface area (Å²) in [5, 5.41) is 0. The molecule has 1 atom stereocenters. The maximum absolute atomic E-state index is 12.5. The Hall–Kier alpha value is -1.63. The highest BCUT2D eigenvalue weighted by Gasteiger charge is 2.36. The maximum atomic E-state index is 12.5. The molecule has 0 aromatic carbocycles. The van der Waals surface area contributed by atoms with Crippen LogP contribution in [0.5, 0.6) is 5.88 Å². The third-order valence-corrected chi connectivity index (χ3v) is 5.05. The summed E-state index contributed by atoms with van der Waals surface area (Å²) in [5.41, 5.74) is 0. The molecule has 23 heavy (non-hydrogen) atoms. The number of rotatable bonds is 3. The van der Waals surface area contributed by atoms with Gasteiger partial charge in [0.05, 0.1) is 10.4 Å². The second kappa shape index (κ2) is 6.86. The van der Waals surface area contributed by atoms with Gasteiger partial charge in [0.25, 0.3) is 0 Å². The third-order valence-electron chi connectivity index (χ3n) is 4.45. The van der Waals surface area contributed by atoms with Crippen LogP contribution in [0.25, 0.3) is 0 Å². The zero-order valence-electron chi connectivity index (χ0n) is 13.1. The largest absolute Gasteiger partial charge is 0.473 e. The quantitative estimate of drug-likeness (QED) is 0.798. The Kier molecular flexibility index (Phi) is 4.84. The van der Waals surface area contributed by atoms with Gasteiger partial charge in [-0.05, 0) is 28.1 Å². The molecule has 2 aliphatic rings. The average Bonchev–Trinajstić information content (AvgIpc) is 2.89. The smallest absolute Gasteiger partial charge is 0.228 e. The number of amides is 2. The molecule has 2 fully saturated rings. The van der Waals surface area contributed by atoms with Crippen LogP contribution >= 0.6 is 15.9 Å². The number of hydrogen-bond donors (Lipinski definition) is 0. The number of nitrogens with zero attached hydrogens (tertiary/aromatic N) is 3. The fourth-order valence-electron chi connectivity index (χ4n) is 3.10. The fourth-order valence-corrected chi connectivity index (χ4v) is 3.45. The SMILES string of the molecule is CN1CC(C(=O)N2CCC(Oc3ncccc3Br)CC2)CC1=O. The molecule has 6 nitrogen and oxygen atoms in total. The summed E-state index contributed by atoms with van der Waals surface area (Å²) >= 11 is 3.43. The second-order valence-electron chi connectivity index (χ2n) is 6.11. The van der Waals surface area contributed by atoms with Gasteiger partial charge in [0.15, 0.2) is 0 Å². The van der Waals surface area contributed by atoms with Crippen LogP contribution in [-0.2, 0) is 9.59 Å². The van der Waals surface area contributed by atoms with Crippen molar-refractivity contribution in [3.63, 3.8) is 0 Å². The van der Waals surface area contributed by atoms with E-state index in [1.54, 1.807) is 18.1 Å². The number of hydrogen-bond acceptors (Lipinski definition) is 4. The van der Waals surface area contributed by atoms with Gasteiger partial charge in [0, 0.05) is 52.1 Å². The first-order valence-electron chi connectivity index (χ1n) is 7.84. The lowest BCUT2D eigenvalue weighted by atomic mass is 10.0. The normalized spacial score (nSPS) is 22.5. The van der Waals surface area contributed by atoms with Crippen LogP contribution < -0.4 is 4.74 Å². The number of likely N-dealkylation sites (tertiary alicyclic amines) is 2. The van der Waals surface area contributed by atoms with Crippen LogP contribution in [0.1, 0.15) is 19.3 Å². The summed E-state index contributed by atoms with van der Waals surface area (Å²) in [6.07, 6.45) is 3.67. The molecule has 1 aromatic rings. The van der Waals surface area contributed by atoms with Gasteiger partial charge in [0.1, 0.15) is 6.10 Å². The first kappa shape index (κ1) is 16.2. The monoisotopic (exact) mass is 381 g/mol. The summed E-state index contributed by atoms with van der Waals surface area (Å²) in [4.78, 5) is 31.8. The summed E-state index contributed by atoms with van der Waals surface area (Å²) in [7, 11) is 1.75. The number of halogens is 1. The van der Waals surface area contributed by atoms with Gasteiger partial charge in [-0.3, -0.25) is 9.59 Å². The molecule has 2 aliphatic heterocycles. The van der Waals surface area contributed by atoms with E-state index in [1.165, 1.54) is 0 Å². The highest BCUT2D eigenvalue weighted by atomic mass is 79.9. The first-order valence-corrected chi connectivity index (χ1v) is 8.64. The second-order valence-corrected chi connectivity index (χ2v) is 6.96. The van der Waals surface area contributed by atoms with Crippen molar-refractivity contribution in [3.05, 3.63) is 22.8 Å². The molecule has 0 radical (unpaired) electrons. The summed E-state index contributed by atoms with van der Waals surface area (Å²) in [6.45, 7) is 1.87. The van der Waals surface area contributed by atoms with Crippen LogP contribution in [0.2, 0.25) is 0 Å². The highest BCUT2D eigenvalue weighted by molar-refractivity contribution is 9.10. The third kappa shape index (κ3) is 3.65. The lowest BCUT2D eigenvalue weighted by Crippen LogP contribution is -2.44. The number of piperidine rings is 1.